The Labute approximate surface area is 103 Å². The van der Waals surface area contributed by atoms with Gasteiger partial charge in [-0.05, 0) is 25.1 Å². The second kappa shape index (κ2) is 3.45. The molecule has 0 amide bonds. The Hall–Kier alpha value is -0.580. The maximum absolute atomic E-state index is 6.00. The second-order valence-electron chi connectivity index (χ2n) is 4.51. The lowest BCUT2D eigenvalue weighted by Gasteiger charge is -2.32. The van der Waals surface area contributed by atoms with Crippen LogP contribution >= 0.6 is 15.9 Å². The van der Waals surface area contributed by atoms with Crippen LogP contribution in [-0.2, 0) is 9.47 Å². The van der Waals surface area contributed by atoms with E-state index < -0.39 is 0 Å². The summed E-state index contributed by atoms with van der Waals surface area (Å²) in [6, 6.07) is 6.02. The number of epoxide rings is 1. The highest BCUT2D eigenvalue weighted by molar-refractivity contribution is 9.10. The monoisotopic (exact) mass is 284 g/mol. The summed E-state index contributed by atoms with van der Waals surface area (Å²) in [5, 5.41) is 0. The van der Waals surface area contributed by atoms with Crippen molar-refractivity contribution in [3.63, 3.8) is 0 Å². The van der Waals surface area contributed by atoms with E-state index in [1.807, 2.05) is 19.1 Å². The standard InChI is InChI=1S/C12H13BrO3/c1-12(6-14-2)11-10(15-11)8-5-7(13)3-4-9(8)16-12/h3-5,10-11H,6H2,1-2H3. The third-order valence-electron chi connectivity index (χ3n) is 3.15. The molecule has 2 aliphatic heterocycles. The first-order valence-electron chi connectivity index (χ1n) is 5.27. The molecule has 3 atom stereocenters. The molecule has 4 heteroatoms. The van der Waals surface area contributed by atoms with E-state index in [1.54, 1.807) is 7.11 Å². The Balaban J connectivity index is 1.98. The zero-order valence-corrected chi connectivity index (χ0v) is 10.8. The summed E-state index contributed by atoms with van der Waals surface area (Å²) in [6.07, 6.45) is 0.288. The molecule has 0 spiro atoms. The first kappa shape index (κ1) is 10.6. The quantitative estimate of drug-likeness (QED) is 0.783. The fourth-order valence-electron chi connectivity index (χ4n) is 2.36. The molecule has 16 heavy (non-hydrogen) atoms. The van der Waals surface area contributed by atoms with E-state index in [9.17, 15) is 0 Å². The average Bonchev–Trinajstić information content (AvgIpc) is 3.01. The third-order valence-corrected chi connectivity index (χ3v) is 3.64. The van der Waals surface area contributed by atoms with Crippen LogP contribution in [0.2, 0.25) is 0 Å². The molecule has 86 valence electrons. The van der Waals surface area contributed by atoms with Gasteiger partial charge in [-0.25, -0.2) is 0 Å². The van der Waals surface area contributed by atoms with Crippen molar-refractivity contribution in [3.8, 4) is 5.75 Å². The molecule has 0 radical (unpaired) electrons. The third kappa shape index (κ3) is 1.48. The van der Waals surface area contributed by atoms with Crippen molar-refractivity contribution >= 4 is 15.9 Å². The van der Waals surface area contributed by atoms with Crippen molar-refractivity contribution in [2.75, 3.05) is 13.7 Å². The minimum Gasteiger partial charge on any atom is -0.482 e. The molecule has 3 nitrogen and oxygen atoms in total. The molecule has 0 N–H and O–H groups in total. The minimum atomic E-state index is -0.361. The zero-order chi connectivity index (χ0) is 11.3. The number of halogens is 1. The van der Waals surface area contributed by atoms with Crippen molar-refractivity contribution in [3.05, 3.63) is 28.2 Å². The summed E-state index contributed by atoms with van der Waals surface area (Å²) in [5.41, 5.74) is 0.771. The predicted molar refractivity (Wildman–Crippen MR) is 62.7 cm³/mol. The van der Waals surface area contributed by atoms with Crippen LogP contribution in [0.5, 0.6) is 5.75 Å². The largest absolute Gasteiger partial charge is 0.482 e. The van der Waals surface area contributed by atoms with Gasteiger partial charge in [-0.2, -0.15) is 0 Å². The van der Waals surface area contributed by atoms with Gasteiger partial charge in [-0.15, -0.1) is 0 Å². The summed E-state index contributed by atoms with van der Waals surface area (Å²) in [6.45, 7) is 2.58. The number of benzene rings is 1. The van der Waals surface area contributed by atoms with Crippen molar-refractivity contribution in [2.24, 2.45) is 0 Å². The maximum atomic E-state index is 6.00. The summed E-state index contributed by atoms with van der Waals surface area (Å²) in [5.74, 6) is 0.904. The zero-order valence-electron chi connectivity index (χ0n) is 9.20. The SMILES string of the molecule is COCC1(C)Oc2ccc(Br)cc2C2OC21. The molecule has 2 heterocycles. The predicted octanol–water partition coefficient (Wildman–Crippen LogP) is 2.69. The fraction of sp³-hybridized carbons (Fsp3) is 0.500. The number of ether oxygens (including phenoxy) is 3. The summed E-state index contributed by atoms with van der Waals surface area (Å²) in [7, 11) is 1.68. The second-order valence-corrected chi connectivity index (χ2v) is 5.42. The van der Waals surface area contributed by atoms with Gasteiger partial charge in [0.25, 0.3) is 0 Å². The Kier molecular flexibility index (Phi) is 2.28. The van der Waals surface area contributed by atoms with E-state index in [0.717, 1.165) is 15.8 Å². The number of hydrogen-bond donors (Lipinski definition) is 0. The number of methoxy groups -OCH3 is 1. The van der Waals surface area contributed by atoms with Gasteiger partial charge in [0.2, 0.25) is 0 Å². The van der Waals surface area contributed by atoms with Crippen molar-refractivity contribution in [1.29, 1.82) is 0 Å². The van der Waals surface area contributed by atoms with E-state index >= 15 is 0 Å². The van der Waals surface area contributed by atoms with E-state index in [1.165, 1.54) is 0 Å². The van der Waals surface area contributed by atoms with Gasteiger partial charge in [-0.1, -0.05) is 15.9 Å². The Morgan fingerprint density at radius 1 is 1.50 bits per heavy atom. The smallest absolute Gasteiger partial charge is 0.158 e. The van der Waals surface area contributed by atoms with Crippen LogP contribution in [0.1, 0.15) is 18.6 Å². The van der Waals surface area contributed by atoms with E-state index in [2.05, 4.69) is 22.0 Å². The van der Waals surface area contributed by atoms with Gasteiger partial charge < -0.3 is 14.2 Å². The van der Waals surface area contributed by atoms with Gasteiger partial charge in [0, 0.05) is 17.1 Å². The molecular formula is C12H13BrO3. The summed E-state index contributed by atoms with van der Waals surface area (Å²) < 4.78 is 18.0. The lowest BCUT2D eigenvalue weighted by molar-refractivity contribution is -0.0177. The Bertz CT molecular complexity index is 434. The van der Waals surface area contributed by atoms with Gasteiger partial charge in [-0.3, -0.25) is 0 Å². The first-order valence-corrected chi connectivity index (χ1v) is 6.06. The van der Waals surface area contributed by atoms with Gasteiger partial charge >= 0.3 is 0 Å². The number of rotatable bonds is 2. The highest BCUT2D eigenvalue weighted by Crippen LogP contribution is 2.54. The number of hydrogen-bond acceptors (Lipinski definition) is 3. The highest BCUT2D eigenvalue weighted by atomic mass is 79.9. The first-order chi connectivity index (χ1) is 7.64. The summed E-state index contributed by atoms with van der Waals surface area (Å²) in [4.78, 5) is 0. The molecule has 0 saturated carbocycles. The van der Waals surface area contributed by atoms with Gasteiger partial charge in [0.05, 0.1) is 6.61 Å². The molecule has 1 aromatic carbocycles. The Morgan fingerprint density at radius 2 is 2.31 bits per heavy atom. The van der Waals surface area contributed by atoms with Crippen LogP contribution in [0.4, 0.5) is 0 Å². The minimum absolute atomic E-state index is 0.120. The molecule has 1 fully saturated rings. The average molecular weight is 285 g/mol. The Morgan fingerprint density at radius 3 is 3.06 bits per heavy atom. The van der Waals surface area contributed by atoms with E-state index in [0.29, 0.717) is 6.61 Å². The van der Waals surface area contributed by atoms with Crippen LogP contribution < -0.4 is 4.74 Å². The van der Waals surface area contributed by atoms with Crippen LogP contribution in [0.25, 0.3) is 0 Å². The van der Waals surface area contributed by atoms with E-state index in [-0.39, 0.29) is 17.8 Å². The highest BCUT2D eigenvalue weighted by Gasteiger charge is 2.59. The fourth-order valence-corrected chi connectivity index (χ4v) is 2.73. The molecular weight excluding hydrogens is 272 g/mol. The van der Waals surface area contributed by atoms with E-state index in [4.69, 9.17) is 14.2 Å². The molecule has 2 aliphatic rings. The summed E-state index contributed by atoms with van der Waals surface area (Å²) >= 11 is 3.46. The maximum Gasteiger partial charge on any atom is 0.158 e. The molecule has 0 aromatic heterocycles. The van der Waals surface area contributed by atoms with Crippen LogP contribution in [0.15, 0.2) is 22.7 Å². The van der Waals surface area contributed by atoms with Gasteiger partial charge in [0.1, 0.15) is 18.0 Å². The molecule has 3 unspecified atom stereocenters. The molecule has 3 rings (SSSR count). The van der Waals surface area contributed by atoms with Crippen LogP contribution in [0.3, 0.4) is 0 Å². The lowest BCUT2D eigenvalue weighted by Crippen LogP contribution is -2.45. The molecule has 0 bridgehead atoms. The van der Waals surface area contributed by atoms with Gasteiger partial charge in [0.15, 0.2) is 5.60 Å². The van der Waals surface area contributed by atoms with Crippen molar-refractivity contribution < 1.29 is 14.2 Å². The lowest BCUT2D eigenvalue weighted by atomic mass is 9.93. The van der Waals surface area contributed by atoms with Crippen molar-refractivity contribution in [2.45, 2.75) is 24.7 Å². The van der Waals surface area contributed by atoms with Crippen LogP contribution in [-0.4, -0.2) is 25.4 Å². The van der Waals surface area contributed by atoms with Crippen LogP contribution in [0, 0.1) is 0 Å². The molecule has 1 saturated heterocycles. The van der Waals surface area contributed by atoms with Crippen molar-refractivity contribution in [1.82, 2.24) is 0 Å². The topological polar surface area (TPSA) is 31.0 Å². The number of fused-ring (bicyclic) bond motifs is 3. The normalized spacial score (nSPS) is 34.9. The molecule has 0 aliphatic carbocycles. The molecule has 1 aromatic rings.